The summed E-state index contributed by atoms with van der Waals surface area (Å²) in [4.78, 5) is 13.2. The highest BCUT2D eigenvalue weighted by Gasteiger charge is 2.23. The Hall–Kier alpha value is -1.07. The zero-order valence-corrected chi connectivity index (χ0v) is 12.8. The monoisotopic (exact) mass is 308 g/mol. The van der Waals surface area contributed by atoms with E-state index in [9.17, 15) is 9.18 Å². The van der Waals surface area contributed by atoms with Crippen LogP contribution < -0.4 is 10.6 Å². The van der Waals surface area contributed by atoms with E-state index >= 15 is 0 Å². The molecule has 1 saturated heterocycles. The molecule has 2 N–H and O–H groups in total. The van der Waals surface area contributed by atoms with Crippen LogP contribution in [0.4, 0.5) is 4.39 Å². The minimum Gasteiger partial charge on any atom is -0.349 e. The van der Waals surface area contributed by atoms with Crippen molar-refractivity contribution in [2.75, 3.05) is 12.3 Å². The number of carbonyl (C=O) groups excluding carboxylic acids is 1. The molecular weight excluding hydrogens is 287 g/mol. The van der Waals surface area contributed by atoms with Crippen molar-refractivity contribution in [2.24, 2.45) is 0 Å². The van der Waals surface area contributed by atoms with Gasteiger partial charge in [-0.15, -0.1) is 11.8 Å². The number of hydrogen-bond donors (Lipinski definition) is 2. The molecule has 21 heavy (non-hydrogen) atoms. The third kappa shape index (κ3) is 3.77. The first kappa shape index (κ1) is 14.9. The zero-order valence-electron chi connectivity index (χ0n) is 12.0. The lowest BCUT2D eigenvalue weighted by Gasteiger charge is -2.26. The van der Waals surface area contributed by atoms with Gasteiger partial charge in [-0.05, 0) is 56.0 Å². The van der Waals surface area contributed by atoms with Crippen LogP contribution in [0.25, 0.3) is 0 Å². The number of amides is 1. The smallest absolute Gasteiger partial charge is 0.220 e. The molecule has 0 saturated carbocycles. The van der Waals surface area contributed by atoms with Gasteiger partial charge >= 0.3 is 0 Å². The second-order valence-corrected chi connectivity index (χ2v) is 6.91. The molecule has 1 aromatic rings. The molecule has 2 aliphatic rings. The summed E-state index contributed by atoms with van der Waals surface area (Å²) in [5, 5.41) is 6.49. The fourth-order valence-electron chi connectivity index (χ4n) is 3.09. The van der Waals surface area contributed by atoms with E-state index in [2.05, 4.69) is 10.6 Å². The molecule has 2 aliphatic heterocycles. The Morgan fingerprint density at radius 3 is 3.14 bits per heavy atom. The first-order valence-corrected chi connectivity index (χ1v) is 8.66. The highest BCUT2D eigenvalue weighted by atomic mass is 32.2. The van der Waals surface area contributed by atoms with Gasteiger partial charge in [-0.25, -0.2) is 4.39 Å². The summed E-state index contributed by atoms with van der Waals surface area (Å²) < 4.78 is 13.4. The van der Waals surface area contributed by atoms with E-state index < -0.39 is 0 Å². The van der Waals surface area contributed by atoms with Gasteiger partial charge in [0.05, 0.1) is 6.04 Å². The molecule has 0 bridgehead atoms. The number of nitrogens with one attached hydrogen (secondary N) is 2. The third-order valence-corrected chi connectivity index (χ3v) is 5.35. The molecule has 1 amide bonds. The zero-order chi connectivity index (χ0) is 14.7. The van der Waals surface area contributed by atoms with E-state index in [0.29, 0.717) is 12.5 Å². The van der Waals surface area contributed by atoms with Crippen LogP contribution in [0.5, 0.6) is 0 Å². The minimum atomic E-state index is -0.231. The molecular formula is C16H21FN2OS. The molecule has 114 valence electrons. The van der Waals surface area contributed by atoms with Crippen LogP contribution in [-0.2, 0) is 4.79 Å². The molecule has 0 aromatic heterocycles. The standard InChI is InChI=1S/C16H21FN2OS/c17-11-3-5-15-13(10-11)14(7-9-21-15)19-16(20)6-4-12-2-1-8-18-12/h3,5,10,12,14,18H,1-2,4,6-9H2,(H,19,20). The van der Waals surface area contributed by atoms with E-state index in [1.54, 1.807) is 17.8 Å². The molecule has 0 spiro atoms. The van der Waals surface area contributed by atoms with Crippen molar-refractivity contribution < 1.29 is 9.18 Å². The van der Waals surface area contributed by atoms with Crippen LogP contribution >= 0.6 is 11.8 Å². The molecule has 1 fully saturated rings. The SMILES string of the molecule is O=C(CCC1CCCN1)NC1CCSc2ccc(F)cc21. The highest BCUT2D eigenvalue weighted by molar-refractivity contribution is 7.99. The minimum absolute atomic E-state index is 0.0408. The first-order valence-electron chi connectivity index (χ1n) is 7.67. The Labute approximate surface area is 129 Å². The summed E-state index contributed by atoms with van der Waals surface area (Å²) in [6.45, 7) is 1.07. The average molecular weight is 308 g/mol. The molecule has 2 heterocycles. The van der Waals surface area contributed by atoms with Crippen LogP contribution in [-0.4, -0.2) is 24.2 Å². The van der Waals surface area contributed by atoms with Crippen molar-refractivity contribution in [1.29, 1.82) is 0 Å². The maximum atomic E-state index is 13.4. The van der Waals surface area contributed by atoms with Gasteiger partial charge in [0.1, 0.15) is 5.82 Å². The van der Waals surface area contributed by atoms with Gasteiger partial charge in [-0.3, -0.25) is 4.79 Å². The summed E-state index contributed by atoms with van der Waals surface area (Å²) in [7, 11) is 0. The summed E-state index contributed by atoms with van der Waals surface area (Å²) >= 11 is 1.73. The molecule has 0 aliphatic carbocycles. The number of halogens is 1. The van der Waals surface area contributed by atoms with E-state index in [1.807, 2.05) is 6.07 Å². The van der Waals surface area contributed by atoms with Crippen molar-refractivity contribution in [3.05, 3.63) is 29.6 Å². The molecule has 2 unspecified atom stereocenters. The number of hydrogen-bond acceptors (Lipinski definition) is 3. The van der Waals surface area contributed by atoms with Gasteiger partial charge in [-0.2, -0.15) is 0 Å². The quantitative estimate of drug-likeness (QED) is 0.898. The molecule has 5 heteroatoms. The maximum Gasteiger partial charge on any atom is 0.220 e. The molecule has 2 atom stereocenters. The van der Waals surface area contributed by atoms with Gasteiger partial charge in [0.15, 0.2) is 0 Å². The lowest BCUT2D eigenvalue weighted by Crippen LogP contribution is -2.32. The predicted octanol–water partition coefficient (Wildman–Crippen LogP) is 3.01. The fourth-order valence-corrected chi connectivity index (χ4v) is 4.20. The Bertz CT molecular complexity index is 517. The molecule has 0 radical (unpaired) electrons. The molecule has 3 rings (SSSR count). The average Bonchev–Trinajstić information content (AvgIpc) is 2.99. The normalized spacial score (nSPS) is 24.6. The highest BCUT2D eigenvalue weighted by Crippen LogP contribution is 2.36. The Morgan fingerprint density at radius 1 is 1.43 bits per heavy atom. The van der Waals surface area contributed by atoms with Crippen molar-refractivity contribution in [2.45, 2.75) is 49.1 Å². The summed E-state index contributed by atoms with van der Waals surface area (Å²) in [6.07, 6.45) is 4.68. The predicted molar refractivity (Wildman–Crippen MR) is 82.9 cm³/mol. The fraction of sp³-hybridized carbons (Fsp3) is 0.562. The second-order valence-electron chi connectivity index (χ2n) is 5.77. The number of benzene rings is 1. The van der Waals surface area contributed by atoms with E-state index in [0.717, 1.165) is 35.6 Å². The lowest BCUT2D eigenvalue weighted by molar-refractivity contribution is -0.122. The summed E-state index contributed by atoms with van der Waals surface area (Å²) in [5.41, 5.74) is 0.929. The van der Waals surface area contributed by atoms with Gasteiger partial charge in [0.25, 0.3) is 0 Å². The van der Waals surface area contributed by atoms with E-state index in [1.165, 1.54) is 18.9 Å². The van der Waals surface area contributed by atoms with Crippen LogP contribution in [0.2, 0.25) is 0 Å². The number of carbonyl (C=O) groups is 1. The Morgan fingerprint density at radius 2 is 2.33 bits per heavy atom. The molecule has 1 aromatic carbocycles. The number of thioether (sulfide) groups is 1. The second kappa shape index (κ2) is 6.79. The third-order valence-electron chi connectivity index (χ3n) is 4.23. The lowest BCUT2D eigenvalue weighted by atomic mass is 10.0. The Balaban J connectivity index is 1.57. The molecule has 3 nitrogen and oxygen atoms in total. The number of fused-ring (bicyclic) bond motifs is 1. The van der Waals surface area contributed by atoms with Gasteiger partial charge in [0.2, 0.25) is 5.91 Å². The van der Waals surface area contributed by atoms with Gasteiger partial charge in [-0.1, -0.05) is 0 Å². The summed E-state index contributed by atoms with van der Waals surface area (Å²) in [6, 6.07) is 5.31. The largest absolute Gasteiger partial charge is 0.349 e. The Kier molecular flexibility index (Phi) is 4.80. The maximum absolute atomic E-state index is 13.4. The summed E-state index contributed by atoms with van der Waals surface area (Å²) in [5.74, 6) is 0.815. The van der Waals surface area contributed by atoms with Crippen LogP contribution in [0.3, 0.4) is 0 Å². The van der Waals surface area contributed by atoms with E-state index in [-0.39, 0.29) is 17.8 Å². The van der Waals surface area contributed by atoms with Crippen molar-refractivity contribution in [3.8, 4) is 0 Å². The van der Waals surface area contributed by atoms with Gasteiger partial charge in [0, 0.05) is 23.1 Å². The van der Waals surface area contributed by atoms with Crippen LogP contribution in [0, 0.1) is 5.82 Å². The number of rotatable bonds is 4. The van der Waals surface area contributed by atoms with E-state index in [4.69, 9.17) is 0 Å². The van der Waals surface area contributed by atoms with Crippen LogP contribution in [0.15, 0.2) is 23.1 Å². The van der Waals surface area contributed by atoms with Crippen LogP contribution in [0.1, 0.15) is 43.7 Å². The van der Waals surface area contributed by atoms with Crippen molar-refractivity contribution >= 4 is 17.7 Å². The van der Waals surface area contributed by atoms with Crippen molar-refractivity contribution in [3.63, 3.8) is 0 Å². The first-order chi connectivity index (χ1) is 10.2. The van der Waals surface area contributed by atoms with Crippen molar-refractivity contribution in [1.82, 2.24) is 10.6 Å². The topological polar surface area (TPSA) is 41.1 Å². The van der Waals surface area contributed by atoms with Gasteiger partial charge < -0.3 is 10.6 Å².